The highest BCUT2D eigenvalue weighted by molar-refractivity contribution is 9.09. The van der Waals surface area contributed by atoms with E-state index in [-0.39, 0.29) is 5.60 Å². The van der Waals surface area contributed by atoms with Crippen molar-refractivity contribution < 1.29 is 4.74 Å². The van der Waals surface area contributed by atoms with Gasteiger partial charge in [-0.25, -0.2) is 0 Å². The van der Waals surface area contributed by atoms with E-state index in [0.717, 1.165) is 18.4 Å². The van der Waals surface area contributed by atoms with Crippen molar-refractivity contribution >= 4 is 15.9 Å². The Kier molecular flexibility index (Phi) is 2.53. The second-order valence-corrected chi connectivity index (χ2v) is 3.18. The van der Waals surface area contributed by atoms with Crippen molar-refractivity contribution in [1.29, 1.82) is 0 Å². The molecule has 54 valence electrons. The van der Waals surface area contributed by atoms with E-state index in [1.807, 2.05) is 0 Å². The highest BCUT2D eigenvalue weighted by Crippen LogP contribution is 2.30. The maximum Gasteiger partial charge on any atom is 0.0777 e. The summed E-state index contributed by atoms with van der Waals surface area (Å²) in [5.41, 5.74) is 0.194. The molecule has 1 aliphatic heterocycles. The van der Waals surface area contributed by atoms with Gasteiger partial charge in [0.2, 0.25) is 0 Å². The molecule has 2 heteroatoms. The van der Waals surface area contributed by atoms with Crippen LogP contribution in [-0.4, -0.2) is 17.5 Å². The molecule has 0 aromatic heterocycles. The third-order valence-electron chi connectivity index (χ3n) is 2.07. The number of hydrogen-bond donors (Lipinski definition) is 0. The summed E-state index contributed by atoms with van der Waals surface area (Å²) in [6.45, 7) is 3.14. The summed E-state index contributed by atoms with van der Waals surface area (Å²) in [7, 11) is 0. The summed E-state index contributed by atoms with van der Waals surface area (Å²) in [5, 5.41) is 0.997. The Hall–Kier alpha value is 0.440. The van der Waals surface area contributed by atoms with E-state index < -0.39 is 0 Å². The Balaban J connectivity index is 2.45. The van der Waals surface area contributed by atoms with E-state index in [0.29, 0.717) is 0 Å². The van der Waals surface area contributed by atoms with Crippen molar-refractivity contribution in [2.24, 2.45) is 0 Å². The van der Waals surface area contributed by atoms with Gasteiger partial charge in [0, 0.05) is 11.9 Å². The van der Waals surface area contributed by atoms with Gasteiger partial charge in [0.1, 0.15) is 0 Å². The molecule has 1 unspecified atom stereocenters. The van der Waals surface area contributed by atoms with Crippen LogP contribution >= 0.6 is 15.9 Å². The third-order valence-corrected chi connectivity index (χ3v) is 3.09. The number of ether oxygens (including phenoxy) is 1. The lowest BCUT2D eigenvalue weighted by atomic mass is 10.0. The van der Waals surface area contributed by atoms with Crippen LogP contribution in [0.2, 0.25) is 0 Å². The summed E-state index contributed by atoms with van der Waals surface area (Å²) >= 11 is 3.47. The van der Waals surface area contributed by atoms with Gasteiger partial charge in [-0.15, -0.1) is 0 Å². The van der Waals surface area contributed by atoms with Crippen LogP contribution in [0, 0.1) is 0 Å². The van der Waals surface area contributed by atoms with Crippen molar-refractivity contribution in [3.05, 3.63) is 0 Å². The van der Waals surface area contributed by atoms with Crippen molar-refractivity contribution in [2.75, 3.05) is 11.9 Å². The predicted octanol–water partition coefficient (Wildman–Crippen LogP) is 2.34. The van der Waals surface area contributed by atoms with Gasteiger partial charge in [0.05, 0.1) is 5.60 Å². The average molecular weight is 193 g/mol. The standard InChI is InChI=1S/C7H13BrO/c1-2-7(6-8)4-3-5-9-7/h2-6H2,1H3. The summed E-state index contributed by atoms with van der Waals surface area (Å²) < 4.78 is 5.59. The van der Waals surface area contributed by atoms with Gasteiger partial charge in [-0.3, -0.25) is 0 Å². The summed E-state index contributed by atoms with van der Waals surface area (Å²) in [6, 6.07) is 0. The molecule has 1 rings (SSSR count). The minimum atomic E-state index is 0.194. The van der Waals surface area contributed by atoms with E-state index in [2.05, 4.69) is 22.9 Å². The van der Waals surface area contributed by atoms with Crippen LogP contribution in [0.15, 0.2) is 0 Å². The highest BCUT2D eigenvalue weighted by atomic mass is 79.9. The van der Waals surface area contributed by atoms with E-state index >= 15 is 0 Å². The Morgan fingerprint density at radius 2 is 2.44 bits per heavy atom. The van der Waals surface area contributed by atoms with Crippen LogP contribution in [0.3, 0.4) is 0 Å². The van der Waals surface area contributed by atoms with E-state index in [1.165, 1.54) is 12.8 Å². The average Bonchev–Trinajstić information content (AvgIpc) is 2.36. The molecule has 0 amide bonds. The quantitative estimate of drug-likeness (QED) is 0.611. The first-order valence-electron chi connectivity index (χ1n) is 3.53. The Morgan fingerprint density at radius 3 is 2.67 bits per heavy atom. The zero-order valence-electron chi connectivity index (χ0n) is 5.82. The summed E-state index contributed by atoms with van der Waals surface area (Å²) in [5.74, 6) is 0. The normalized spacial score (nSPS) is 35.3. The Morgan fingerprint density at radius 1 is 1.67 bits per heavy atom. The molecule has 0 spiro atoms. The first-order chi connectivity index (χ1) is 4.33. The monoisotopic (exact) mass is 192 g/mol. The minimum Gasteiger partial charge on any atom is -0.374 e. The van der Waals surface area contributed by atoms with Crippen LogP contribution in [0.4, 0.5) is 0 Å². The van der Waals surface area contributed by atoms with Crippen molar-refractivity contribution in [1.82, 2.24) is 0 Å². The fourth-order valence-corrected chi connectivity index (χ4v) is 2.07. The summed E-state index contributed by atoms with van der Waals surface area (Å²) in [4.78, 5) is 0. The molecular weight excluding hydrogens is 180 g/mol. The third kappa shape index (κ3) is 1.47. The molecular formula is C7H13BrO. The molecule has 1 atom stereocenters. The number of halogens is 1. The largest absolute Gasteiger partial charge is 0.374 e. The van der Waals surface area contributed by atoms with Crippen molar-refractivity contribution in [2.45, 2.75) is 31.8 Å². The topological polar surface area (TPSA) is 9.23 Å². The first kappa shape index (κ1) is 7.55. The number of alkyl halides is 1. The zero-order valence-corrected chi connectivity index (χ0v) is 7.41. The molecule has 0 bridgehead atoms. The molecule has 9 heavy (non-hydrogen) atoms. The fraction of sp³-hybridized carbons (Fsp3) is 1.00. The van der Waals surface area contributed by atoms with Gasteiger partial charge in [0.15, 0.2) is 0 Å². The second kappa shape index (κ2) is 3.02. The van der Waals surface area contributed by atoms with Crippen LogP contribution in [0.5, 0.6) is 0 Å². The molecule has 0 aromatic rings. The molecule has 0 radical (unpaired) electrons. The number of hydrogen-bond acceptors (Lipinski definition) is 1. The fourth-order valence-electron chi connectivity index (χ4n) is 1.23. The second-order valence-electron chi connectivity index (χ2n) is 2.62. The molecule has 0 N–H and O–H groups in total. The minimum absolute atomic E-state index is 0.194. The predicted molar refractivity (Wildman–Crippen MR) is 42.0 cm³/mol. The SMILES string of the molecule is CCC1(CBr)CCCO1. The highest BCUT2D eigenvalue weighted by Gasteiger charge is 2.31. The van der Waals surface area contributed by atoms with Gasteiger partial charge < -0.3 is 4.74 Å². The van der Waals surface area contributed by atoms with Gasteiger partial charge in [0.25, 0.3) is 0 Å². The van der Waals surface area contributed by atoms with Gasteiger partial charge in [-0.05, 0) is 19.3 Å². The molecule has 1 aliphatic rings. The molecule has 1 fully saturated rings. The Bertz CT molecular complexity index is 80.9. The van der Waals surface area contributed by atoms with Gasteiger partial charge in [-0.2, -0.15) is 0 Å². The maximum absolute atomic E-state index is 5.59. The zero-order chi connectivity index (χ0) is 6.74. The molecule has 1 nitrogen and oxygen atoms in total. The van der Waals surface area contributed by atoms with E-state index in [4.69, 9.17) is 4.74 Å². The van der Waals surface area contributed by atoms with Crippen LogP contribution in [0.1, 0.15) is 26.2 Å². The lowest BCUT2D eigenvalue weighted by molar-refractivity contribution is 0.0225. The van der Waals surface area contributed by atoms with Crippen LogP contribution in [0.25, 0.3) is 0 Å². The van der Waals surface area contributed by atoms with Crippen molar-refractivity contribution in [3.63, 3.8) is 0 Å². The molecule has 0 saturated carbocycles. The molecule has 1 saturated heterocycles. The molecule has 0 aromatic carbocycles. The van der Waals surface area contributed by atoms with Crippen LogP contribution < -0.4 is 0 Å². The lowest BCUT2D eigenvalue weighted by Crippen LogP contribution is -2.28. The van der Waals surface area contributed by atoms with E-state index in [9.17, 15) is 0 Å². The lowest BCUT2D eigenvalue weighted by Gasteiger charge is -2.23. The Labute approximate surface area is 64.9 Å². The molecule has 0 aliphatic carbocycles. The van der Waals surface area contributed by atoms with Gasteiger partial charge >= 0.3 is 0 Å². The smallest absolute Gasteiger partial charge is 0.0777 e. The first-order valence-corrected chi connectivity index (χ1v) is 4.65. The number of rotatable bonds is 2. The van der Waals surface area contributed by atoms with E-state index in [1.54, 1.807) is 0 Å². The van der Waals surface area contributed by atoms with Crippen LogP contribution in [-0.2, 0) is 4.74 Å². The maximum atomic E-state index is 5.59. The van der Waals surface area contributed by atoms with Crippen molar-refractivity contribution in [3.8, 4) is 0 Å². The summed E-state index contributed by atoms with van der Waals surface area (Å²) in [6.07, 6.45) is 3.60. The van der Waals surface area contributed by atoms with Gasteiger partial charge in [-0.1, -0.05) is 22.9 Å². The molecule has 1 heterocycles.